The van der Waals surface area contributed by atoms with Gasteiger partial charge in [0.25, 0.3) is 0 Å². The first-order valence-electron chi connectivity index (χ1n) is 9.91. The van der Waals surface area contributed by atoms with Crippen molar-refractivity contribution in [1.82, 2.24) is 14.8 Å². The summed E-state index contributed by atoms with van der Waals surface area (Å²) in [5, 5.41) is 11.3. The number of sulfone groups is 1. The van der Waals surface area contributed by atoms with Crippen molar-refractivity contribution in [3.63, 3.8) is 0 Å². The maximum atomic E-state index is 12.8. The molecule has 164 valence electrons. The Hall–Kier alpha value is -2.65. The third-order valence-electron chi connectivity index (χ3n) is 4.75. The smallest absolute Gasteiger partial charge is 0.237 e. The molecule has 1 amide bonds. The summed E-state index contributed by atoms with van der Waals surface area (Å²) in [5.41, 5.74) is 2.91. The number of rotatable bonds is 8. The van der Waals surface area contributed by atoms with Gasteiger partial charge in [-0.15, -0.1) is 10.2 Å². The van der Waals surface area contributed by atoms with Crippen molar-refractivity contribution in [2.24, 2.45) is 7.05 Å². The number of nitrogens with zero attached hydrogens (tertiary/aromatic N) is 3. The van der Waals surface area contributed by atoms with Crippen LogP contribution in [0, 0.1) is 13.8 Å². The van der Waals surface area contributed by atoms with Gasteiger partial charge in [0, 0.05) is 12.7 Å². The van der Waals surface area contributed by atoms with Crippen LogP contribution in [0.3, 0.4) is 0 Å². The highest BCUT2D eigenvalue weighted by Crippen LogP contribution is 2.26. The molecule has 0 aliphatic heterocycles. The number of aryl methyl sites for hydroxylation is 2. The van der Waals surface area contributed by atoms with Gasteiger partial charge >= 0.3 is 0 Å². The van der Waals surface area contributed by atoms with Crippen molar-refractivity contribution in [2.45, 2.75) is 48.2 Å². The fourth-order valence-electron chi connectivity index (χ4n) is 3.17. The second-order valence-electron chi connectivity index (χ2n) is 7.41. The Morgan fingerprint density at radius 3 is 2.35 bits per heavy atom. The Kier molecular flexibility index (Phi) is 7.17. The van der Waals surface area contributed by atoms with Crippen LogP contribution in [0.2, 0.25) is 0 Å². The Morgan fingerprint density at radius 2 is 1.74 bits per heavy atom. The van der Waals surface area contributed by atoms with Crippen molar-refractivity contribution < 1.29 is 13.2 Å². The van der Waals surface area contributed by atoms with Crippen molar-refractivity contribution in [1.29, 1.82) is 0 Å². The standard InChI is InChI=1S/C22H26N4O3S2/c1-5-19(21(27)23-17-12-15(2)11-16(3)13-17)30-22-25-24-20(26(22)4)14-31(28,29)18-9-7-6-8-10-18/h6-13,19H,5,14H2,1-4H3,(H,23,27). The van der Waals surface area contributed by atoms with Gasteiger partial charge in [-0.2, -0.15) is 0 Å². The number of benzene rings is 2. The normalized spacial score (nSPS) is 12.5. The van der Waals surface area contributed by atoms with Crippen molar-refractivity contribution >= 4 is 33.2 Å². The Labute approximate surface area is 187 Å². The molecule has 0 bridgehead atoms. The van der Waals surface area contributed by atoms with Crippen LogP contribution in [0.1, 0.15) is 30.3 Å². The second-order valence-corrected chi connectivity index (χ2v) is 10.6. The zero-order valence-corrected chi connectivity index (χ0v) is 19.6. The van der Waals surface area contributed by atoms with E-state index in [2.05, 4.69) is 15.5 Å². The lowest BCUT2D eigenvalue weighted by Gasteiger charge is -2.15. The summed E-state index contributed by atoms with van der Waals surface area (Å²) in [7, 11) is -1.82. The number of hydrogen-bond acceptors (Lipinski definition) is 6. The SMILES string of the molecule is CCC(Sc1nnc(CS(=O)(=O)c2ccccc2)n1C)C(=O)Nc1cc(C)cc(C)c1. The molecule has 2 aromatic carbocycles. The summed E-state index contributed by atoms with van der Waals surface area (Å²) in [6.07, 6.45) is 0.589. The lowest BCUT2D eigenvalue weighted by molar-refractivity contribution is -0.115. The number of aromatic nitrogens is 3. The first-order chi connectivity index (χ1) is 14.7. The van der Waals surface area contributed by atoms with Crippen LogP contribution in [-0.2, 0) is 27.4 Å². The van der Waals surface area contributed by atoms with E-state index in [9.17, 15) is 13.2 Å². The summed E-state index contributed by atoms with van der Waals surface area (Å²) < 4.78 is 26.9. The number of amides is 1. The third-order valence-corrected chi connectivity index (χ3v) is 7.77. The quantitative estimate of drug-likeness (QED) is 0.514. The van der Waals surface area contributed by atoms with Gasteiger partial charge in [0.05, 0.1) is 10.1 Å². The predicted molar refractivity (Wildman–Crippen MR) is 123 cm³/mol. The van der Waals surface area contributed by atoms with Crippen molar-refractivity contribution in [3.8, 4) is 0 Å². The fourth-order valence-corrected chi connectivity index (χ4v) is 5.44. The van der Waals surface area contributed by atoms with Gasteiger partial charge < -0.3 is 9.88 Å². The van der Waals surface area contributed by atoms with Crippen LogP contribution < -0.4 is 5.32 Å². The second kappa shape index (κ2) is 9.65. The lowest BCUT2D eigenvalue weighted by Crippen LogP contribution is -2.25. The molecule has 0 aliphatic carbocycles. The predicted octanol–water partition coefficient (Wildman–Crippen LogP) is 3.92. The van der Waals surface area contributed by atoms with Gasteiger partial charge in [0.15, 0.2) is 15.0 Å². The maximum Gasteiger partial charge on any atom is 0.237 e. The first kappa shape index (κ1) is 23.0. The van der Waals surface area contributed by atoms with Gasteiger partial charge in [0.2, 0.25) is 5.91 Å². The number of anilines is 1. The summed E-state index contributed by atoms with van der Waals surface area (Å²) in [4.78, 5) is 13.1. The molecule has 0 spiro atoms. The maximum absolute atomic E-state index is 12.8. The molecule has 1 aromatic heterocycles. The molecular weight excluding hydrogens is 432 g/mol. The molecule has 0 radical (unpaired) electrons. The molecule has 1 heterocycles. The molecule has 0 saturated carbocycles. The van der Waals surface area contributed by atoms with E-state index in [0.29, 0.717) is 17.4 Å². The van der Waals surface area contributed by atoms with Gasteiger partial charge in [-0.1, -0.05) is 43.0 Å². The molecule has 31 heavy (non-hydrogen) atoms. The molecule has 3 rings (SSSR count). The van der Waals surface area contributed by atoms with E-state index < -0.39 is 9.84 Å². The van der Waals surface area contributed by atoms with E-state index in [1.54, 1.807) is 41.9 Å². The fraction of sp³-hybridized carbons (Fsp3) is 0.318. The number of nitrogens with one attached hydrogen (secondary N) is 1. The summed E-state index contributed by atoms with van der Waals surface area (Å²) >= 11 is 1.28. The van der Waals surface area contributed by atoms with Crippen molar-refractivity contribution in [2.75, 3.05) is 5.32 Å². The zero-order chi connectivity index (χ0) is 22.6. The Balaban J connectivity index is 1.73. The Bertz CT molecular complexity index is 1150. The molecule has 1 atom stereocenters. The minimum atomic E-state index is -3.53. The topological polar surface area (TPSA) is 93.9 Å². The van der Waals surface area contributed by atoms with Gasteiger partial charge in [-0.05, 0) is 55.7 Å². The summed E-state index contributed by atoms with van der Waals surface area (Å²) in [6, 6.07) is 14.2. The molecule has 3 aromatic rings. The average molecular weight is 459 g/mol. The van der Waals surface area contributed by atoms with Crippen LogP contribution in [0.4, 0.5) is 5.69 Å². The number of carbonyl (C=O) groups excluding carboxylic acids is 1. The molecule has 0 saturated heterocycles. The van der Waals surface area contributed by atoms with Crippen LogP contribution >= 0.6 is 11.8 Å². The number of hydrogen-bond donors (Lipinski definition) is 1. The Morgan fingerprint density at radius 1 is 1.10 bits per heavy atom. The van der Waals surface area contributed by atoms with Gasteiger partial charge in [0.1, 0.15) is 11.6 Å². The lowest BCUT2D eigenvalue weighted by atomic mass is 10.1. The minimum Gasteiger partial charge on any atom is -0.325 e. The van der Waals surface area contributed by atoms with Crippen LogP contribution in [0.15, 0.2) is 58.6 Å². The minimum absolute atomic E-state index is 0.126. The highest BCUT2D eigenvalue weighted by molar-refractivity contribution is 8.00. The zero-order valence-electron chi connectivity index (χ0n) is 18.0. The van der Waals surface area contributed by atoms with E-state index in [4.69, 9.17) is 0 Å². The number of thioether (sulfide) groups is 1. The molecule has 1 unspecified atom stereocenters. The van der Waals surface area contributed by atoms with E-state index in [1.807, 2.05) is 39.0 Å². The monoisotopic (exact) mass is 458 g/mol. The highest BCUT2D eigenvalue weighted by atomic mass is 32.2. The van der Waals surface area contributed by atoms with E-state index >= 15 is 0 Å². The molecule has 1 N–H and O–H groups in total. The average Bonchev–Trinajstić information content (AvgIpc) is 3.04. The van der Waals surface area contributed by atoms with E-state index in [0.717, 1.165) is 16.8 Å². The van der Waals surface area contributed by atoms with Crippen molar-refractivity contribution in [3.05, 3.63) is 65.5 Å². The molecule has 7 nitrogen and oxygen atoms in total. The molecular formula is C22H26N4O3S2. The number of carbonyl (C=O) groups is 1. The van der Waals surface area contributed by atoms with Gasteiger partial charge in [-0.25, -0.2) is 8.42 Å². The molecule has 0 fully saturated rings. The molecule has 0 aliphatic rings. The largest absolute Gasteiger partial charge is 0.325 e. The highest BCUT2D eigenvalue weighted by Gasteiger charge is 2.24. The first-order valence-corrected chi connectivity index (χ1v) is 12.4. The summed E-state index contributed by atoms with van der Waals surface area (Å²) in [5.74, 6) is -0.0537. The van der Waals surface area contributed by atoms with Crippen LogP contribution in [0.5, 0.6) is 0 Å². The summed E-state index contributed by atoms with van der Waals surface area (Å²) in [6.45, 7) is 5.90. The molecule has 9 heteroatoms. The van der Waals surface area contributed by atoms with Crippen LogP contribution in [-0.4, -0.2) is 34.3 Å². The van der Waals surface area contributed by atoms with E-state index in [1.165, 1.54) is 11.8 Å². The van der Waals surface area contributed by atoms with Gasteiger partial charge in [-0.3, -0.25) is 4.79 Å². The van der Waals surface area contributed by atoms with Crippen LogP contribution in [0.25, 0.3) is 0 Å². The third kappa shape index (κ3) is 5.74. The van der Waals surface area contributed by atoms with E-state index in [-0.39, 0.29) is 21.8 Å².